The minimum Gasteiger partial charge on any atom is -0.311 e. The first-order chi connectivity index (χ1) is 57.5. The molecule has 13 aromatic carbocycles. The number of nitrogens with zero attached hydrogens (tertiary/aromatic N) is 4. The molecule has 15 aromatic rings. The Kier molecular flexibility index (Phi) is 14.0. The molecule has 2 aromatic heterocycles. The standard InChI is InChI=1S/C106H107BN4/c1-100(2,3)72-40-46-83-84-47-41-73(101(4,5)6)59-92(84)108(91(83)58-72)79-44-50-87-95(64-79)110(89-38-30-28-36-81(89)70-52-68(66-32-24-22-25-33-66)54-76(56-70)104(13,14)15)97-62-78(106(19,20)21)63-98-99(97)107(87)88-51-45-80(109-93-60-74(102(7,8)9)42-48-85(93)86-49-43-75(61-94(86)109)103(10,11)12)65-96(88)111(98)90-39-31-29-37-82(90)71-53-69(67-34-26-23-27-35-67)55-77(57-71)105(16,17)18/h22-65H,1-21H3/i40D,41D,42D,43D,46D,47D,48D,49D,58D,59D,60D,61D. The number of rotatable bonds is 8. The third-order valence-corrected chi connectivity index (χ3v) is 22.7. The number of aromatic nitrogens is 2. The summed E-state index contributed by atoms with van der Waals surface area (Å²) in [6, 6.07) is 68.3. The van der Waals surface area contributed by atoms with Crippen LogP contribution in [0, 0.1) is 0 Å². The zero-order valence-electron chi connectivity index (χ0n) is 80.3. The number of hydrogen-bond acceptors (Lipinski definition) is 2. The summed E-state index contributed by atoms with van der Waals surface area (Å²) in [5, 5.41) is 0.658. The molecule has 2 aliphatic rings. The predicted octanol–water partition coefficient (Wildman–Crippen LogP) is 27.7. The maximum Gasteiger partial charge on any atom is 0.252 e. The maximum absolute atomic E-state index is 10.6. The van der Waals surface area contributed by atoms with Crippen LogP contribution in [-0.4, -0.2) is 15.8 Å². The van der Waals surface area contributed by atoms with Crippen LogP contribution in [0.4, 0.5) is 34.1 Å². The number of anilines is 6. The minimum atomic E-state index is -0.813. The minimum absolute atomic E-state index is 0.00502. The van der Waals surface area contributed by atoms with Gasteiger partial charge in [0.2, 0.25) is 0 Å². The Morgan fingerprint density at radius 2 is 0.532 bits per heavy atom. The van der Waals surface area contributed by atoms with E-state index in [0.717, 1.165) is 112 Å². The molecule has 0 saturated carbocycles. The van der Waals surface area contributed by atoms with E-state index in [1.165, 1.54) is 0 Å². The van der Waals surface area contributed by atoms with Crippen molar-refractivity contribution in [1.29, 1.82) is 0 Å². The van der Waals surface area contributed by atoms with Crippen LogP contribution >= 0.6 is 0 Å². The van der Waals surface area contributed by atoms with E-state index in [-0.39, 0.29) is 127 Å². The van der Waals surface area contributed by atoms with Gasteiger partial charge in [0.25, 0.3) is 6.71 Å². The van der Waals surface area contributed by atoms with Crippen molar-refractivity contribution in [3.8, 4) is 55.9 Å². The lowest BCUT2D eigenvalue weighted by molar-refractivity contribution is 0.590. The molecule has 0 saturated heterocycles. The van der Waals surface area contributed by atoms with Crippen molar-refractivity contribution < 1.29 is 16.4 Å². The second-order valence-corrected chi connectivity index (χ2v) is 38.2. The number of benzene rings is 13. The van der Waals surface area contributed by atoms with Gasteiger partial charge in [-0.3, -0.25) is 0 Å². The summed E-state index contributed by atoms with van der Waals surface area (Å²) in [5.41, 5.74) is 18.2. The van der Waals surface area contributed by atoms with Gasteiger partial charge in [-0.15, -0.1) is 0 Å². The Balaban J connectivity index is 1.07. The van der Waals surface area contributed by atoms with Gasteiger partial charge in [-0.05, 0) is 211 Å². The second-order valence-electron chi connectivity index (χ2n) is 38.2. The molecule has 4 nitrogen and oxygen atoms in total. The fourth-order valence-electron chi connectivity index (χ4n) is 16.3. The average Bonchev–Trinajstić information content (AvgIpc) is 1.65. The fraction of sp³-hybridized carbons (Fsp3) is 0.264. The summed E-state index contributed by atoms with van der Waals surface area (Å²) < 4.78 is 126. The normalized spacial score (nSPS) is 15.1. The summed E-state index contributed by atoms with van der Waals surface area (Å²) in [6.45, 7) is 43.0. The topological polar surface area (TPSA) is 16.3 Å². The van der Waals surface area contributed by atoms with Gasteiger partial charge in [0.15, 0.2) is 0 Å². The van der Waals surface area contributed by atoms with Gasteiger partial charge < -0.3 is 18.9 Å². The molecule has 554 valence electrons. The quantitative estimate of drug-likeness (QED) is 0.141. The van der Waals surface area contributed by atoms with Crippen molar-refractivity contribution in [2.24, 2.45) is 0 Å². The van der Waals surface area contributed by atoms with E-state index in [4.69, 9.17) is 0 Å². The summed E-state index contributed by atoms with van der Waals surface area (Å²) >= 11 is 0. The lowest BCUT2D eigenvalue weighted by Crippen LogP contribution is -2.61. The summed E-state index contributed by atoms with van der Waals surface area (Å²) in [7, 11) is 0. The van der Waals surface area contributed by atoms with E-state index >= 15 is 0 Å². The molecule has 0 amide bonds. The van der Waals surface area contributed by atoms with E-state index in [1.54, 1.807) is 0 Å². The first-order valence-electron chi connectivity index (χ1n) is 45.4. The van der Waals surface area contributed by atoms with Gasteiger partial charge in [0, 0.05) is 66.8 Å². The molecule has 4 heterocycles. The van der Waals surface area contributed by atoms with E-state index in [1.807, 2.05) is 116 Å². The zero-order valence-corrected chi connectivity index (χ0v) is 68.3. The molecule has 0 aliphatic carbocycles. The van der Waals surface area contributed by atoms with Gasteiger partial charge in [-0.1, -0.05) is 327 Å². The Labute approximate surface area is 677 Å². The van der Waals surface area contributed by atoms with E-state index in [2.05, 4.69) is 242 Å². The van der Waals surface area contributed by atoms with Gasteiger partial charge in [0.1, 0.15) is 0 Å². The van der Waals surface area contributed by atoms with Crippen LogP contribution in [0.1, 0.15) is 201 Å². The highest BCUT2D eigenvalue weighted by Gasteiger charge is 2.46. The van der Waals surface area contributed by atoms with Crippen molar-refractivity contribution in [3.05, 3.63) is 306 Å². The molecule has 2 aliphatic heterocycles. The Hall–Kier alpha value is -10.9. The van der Waals surface area contributed by atoms with E-state index in [9.17, 15) is 16.4 Å². The molecule has 0 atom stereocenters. The van der Waals surface area contributed by atoms with Gasteiger partial charge in [-0.2, -0.15) is 0 Å². The summed E-state index contributed by atoms with van der Waals surface area (Å²) in [6.07, 6.45) is 0. The van der Waals surface area contributed by atoms with Crippen LogP contribution in [-0.2, 0) is 37.9 Å². The second kappa shape index (κ2) is 25.9. The first-order valence-corrected chi connectivity index (χ1v) is 39.4. The van der Waals surface area contributed by atoms with Crippen LogP contribution in [0.15, 0.2) is 267 Å². The highest BCUT2D eigenvalue weighted by molar-refractivity contribution is 7.00. The molecule has 0 spiro atoms. The SMILES string of the molecule is [2H]c1c(C(C)(C)C)c([2H])c2c(c1[2H])c1c([2H])c([2H])c(C(C)(C)C)c([2H])c1n2-c1ccc2c(c1)N(c1ccccc1-c1cc(-c3ccccc3)cc(C(C)(C)C)c1)c1cc(C(C)(C)C)cc3c1B2c1ccc(-n2c4c([2H])c(C(C)(C)C)c([2H])c([2H])c4c4c([2H])c([2H])c(C(C)(C)C)c([2H])c42)cc1N3c1ccccc1-c1cc(-c2ccccc2)cc(C(C)(C)C)c1. The molecule has 0 radical (unpaired) electrons. The lowest BCUT2D eigenvalue weighted by Gasteiger charge is -2.46. The number of fused-ring (bicyclic) bond motifs is 10. The Morgan fingerprint density at radius 1 is 0.243 bits per heavy atom. The molecular weight excluding hydrogens is 1340 g/mol. The summed E-state index contributed by atoms with van der Waals surface area (Å²) in [5.74, 6) is 0. The highest BCUT2D eigenvalue weighted by atomic mass is 15.2. The fourth-order valence-corrected chi connectivity index (χ4v) is 16.3. The molecule has 0 N–H and O–H groups in total. The Bertz CT molecular complexity index is 6420. The van der Waals surface area contributed by atoms with Gasteiger partial charge >= 0.3 is 0 Å². The van der Waals surface area contributed by atoms with Crippen molar-refractivity contribution in [3.63, 3.8) is 0 Å². The maximum atomic E-state index is 10.6. The molecule has 111 heavy (non-hydrogen) atoms. The monoisotopic (exact) mass is 1460 g/mol. The van der Waals surface area contributed by atoms with Crippen molar-refractivity contribution in [2.45, 2.75) is 183 Å². The van der Waals surface area contributed by atoms with Crippen LogP contribution in [0.2, 0.25) is 0 Å². The van der Waals surface area contributed by atoms with Crippen LogP contribution in [0.5, 0.6) is 0 Å². The largest absolute Gasteiger partial charge is 0.311 e. The van der Waals surface area contributed by atoms with E-state index in [0.29, 0.717) is 33.6 Å². The number of hydrogen-bond donors (Lipinski definition) is 0. The lowest BCUT2D eigenvalue weighted by atomic mass is 9.33. The smallest absolute Gasteiger partial charge is 0.252 e. The Morgan fingerprint density at radius 3 is 0.847 bits per heavy atom. The van der Waals surface area contributed by atoms with Crippen LogP contribution in [0.25, 0.3) is 99.5 Å². The first kappa shape index (κ1) is 59.9. The van der Waals surface area contributed by atoms with Crippen molar-refractivity contribution in [2.75, 3.05) is 9.80 Å². The third kappa shape index (κ3) is 12.7. The van der Waals surface area contributed by atoms with Gasteiger partial charge in [0.05, 0.1) is 49.9 Å². The van der Waals surface area contributed by atoms with Gasteiger partial charge in [-0.25, -0.2) is 0 Å². The molecule has 0 unspecified atom stereocenters. The molecule has 0 bridgehead atoms. The van der Waals surface area contributed by atoms with E-state index < -0.39 is 33.8 Å². The predicted molar refractivity (Wildman–Crippen MR) is 482 cm³/mol. The zero-order chi connectivity index (χ0) is 88.6. The van der Waals surface area contributed by atoms with Crippen molar-refractivity contribution >= 4 is 101 Å². The van der Waals surface area contributed by atoms with Crippen LogP contribution < -0.4 is 26.2 Å². The molecule has 5 heteroatoms. The van der Waals surface area contributed by atoms with Crippen LogP contribution in [0.3, 0.4) is 0 Å². The molecule has 17 rings (SSSR count). The van der Waals surface area contributed by atoms with Crippen molar-refractivity contribution in [1.82, 2.24) is 9.13 Å². The molecule has 0 fully saturated rings. The summed E-state index contributed by atoms with van der Waals surface area (Å²) in [4.78, 5) is 4.84. The molecular formula is C106H107BN4. The highest BCUT2D eigenvalue weighted by Crippen LogP contribution is 2.53. The number of para-hydroxylation sites is 2. The third-order valence-electron chi connectivity index (χ3n) is 22.7. The average molecular weight is 1460 g/mol.